The molecule has 7 heteroatoms. The third-order valence-corrected chi connectivity index (χ3v) is 4.22. The Hall–Kier alpha value is -2.18. The van der Waals surface area contributed by atoms with E-state index in [0.29, 0.717) is 5.82 Å². The van der Waals surface area contributed by atoms with Crippen LogP contribution in [0, 0.1) is 11.8 Å². The number of hydrogen-bond donors (Lipinski definition) is 1. The minimum atomic E-state index is -0.394. The summed E-state index contributed by atoms with van der Waals surface area (Å²) < 4.78 is 1.57. The number of carbonyl (C=O) groups is 3. The minimum Gasteiger partial charge on any atom is -0.308 e. The number of aryl methyl sites for hydroxylation is 1. The molecule has 112 valence electrons. The van der Waals surface area contributed by atoms with Gasteiger partial charge in [0.2, 0.25) is 17.7 Å². The second kappa shape index (κ2) is 5.31. The summed E-state index contributed by atoms with van der Waals surface area (Å²) in [4.78, 5) is 37.6. The van der Waals surface area contributed by atoms with E-state index in [1.165, 1.54) is 0 Å². The van der Waals surface area contributed by atoms with Crippen molar-refractivity contribution in [1.29, 1.82) is 0 Å². The van der Waals surface area contributed by atoms with Gasteiger partial charge in [-0.3, -0.25) is 24.0 Å². The van der Waals surface area contributed by atoms with Gasteiger partial charge < -0.3 is 5.32 Å². The molecule has 2 atom stereocenters. The Morgan fingerprint density at radius 2 is 1.90 bits per heavy atom. The molecule has 1 aromatic rings. The van der Waals surface area contributed by atoms with E-state index in [0.717, 1.165) is 30.6 Å². The average Bonchev–Trinajstić information content (AvgIpc) is 2.97. The molecular weight excluding hydrogens is 272 g/mol. The van der Waals surface area contributed by atoms with Crippen molar-refractivity contribution in [3.05, 3.63) is 12.3 Å². The molecule has 2 aliphatic rings. The quantitative estimate of drug-likeness (QED) is 0.823. The Balaban J connectivity index is 1.65. The molecule has 1 saturated heterocycles. The fraction of sp³-hybridized carbons (Fsp3) is 0.571. The molecule has 1 N–H and O–H groups in total. The largest absolute Gasteiger partial charge is 0.308 e. The van der Waals surface area contributed by atoms with Crippen LogP contribution in [0.15, 0.2) is 12.3 Å². The number of hydrogen-bond acceptors (Lipinski definition) is 4. The lowest BCUT2D eigenvalue weighted by atomic mass is 9.81. The number of carbonyl (C=O) groups excluding carboxylic acids is 3. The molecule has 21 heavy (non-hydrogen) atoms. The number of likely N-dealkylation sites (tertiary alicyclic amines) is 1. The maximum absolute atomic E-state index is 12.2. The van der Waals surface area contributed by atoms with Crippen molar-refractivity contribution >= 4 is 23.5 Å². The van der Waals surface area contributed by atoms with Crippen molar-refractivity contribution in [2.24, 2.45) is 18.9 Å². The van der Waals surface area contributed by atoms with Crippen LogP contribution >= 0.6 is 0 Å². The van der Waals surface area contributed by atoms with Gasteiger partial charge in [0.25, 0.3) is 0 Å². The van der Waals surface area contributed by atoms with Gasteiger partial charge in [0.05, 0.1) is 11.8 Å². The molecule has 3 rings (SSSR count). The number of rotatable bonds is 3. The van der Waals surface area contributed by atoms with E-state index in [-0.39, 0.29) is 30.2 Å². The van der Waals surface area contributed by atoms with E-state index in [1.54, 1.807) is 24.0 Å². The summed E-state index contributed by atoms with van der Waals surface area (Å²) in [7, 11) is 1.74. The first-order valence-corrected chi connectivity index (χ1v) is 7.21. The minimum absolute atomic E-state index is 0.194. The molecule has 3 amide bonds. The lowest BCUT2D eigenvalue weighted by molar-refractivity contribution is -0.142. The normalized spacial score (nSPS) is 25.1. The lowest BCUT2D eigenvalue weighted by Gasteiger charge is -2.19. The van der Waals surface area contributed by atoms with Gasteiger partial charge in [-0.1, -0.05) is 12.8 Å². The highest BCUT2D eigenvalue weighted by Gasteiger charge is 2.48. The number of fused-ring (bicyclic) bond motifs is 1. The van der Waals surface area contributed by atoms with Crippen LogP contribution in [0.4, 0.5) is 5.82 Å². The molecule has 0 bridgehead atoms. The number of amides is 3. The van der Waals surface area contributed by atoms with Crippen molar-refractivity contribution < 1.29 is 14.4 Å². The van der Waals surface area contributed by atoms with Gasteiger partial charge in [0.1, 0.15) is 6.54 Å². The summed E-state index contributed by atoms with van der Waals surface area (Å²) >= 11 is 0. The van der Waals surface area contributed by atoms with Gasteiger partial charge in [-0.05, 0) is 12.8 Å². The van der Waals surface area contributed by atoms with Crippen LogP contribution in [-0.2, 0) is 21.4 Å². The Kier molecular flexibility index (Phi) is 3.48. The highest BCUT2D eigenvalue weighted by Crippen LogP contribution is 2.37. The van der Waals surface area contributed by atoms with Crippen molar-refractivity contribution in [3.63, 3.8) is 0 Å². The topological polar surface area (TPSA) is 84.3 Å². The van der Waals surface area contributed by atoms with Crippen molar-refractivity contribution in [1.82, 2.24) is 14.7 Å². The van der Waals surface area contributed by atoms with Gasteiger partial charge in [-0.25, -0.2) is 0 Å². The number of nitrogens with zero attached hydrogens (tertiary/aromatic N) is 3. The molecule has 2 fully saturated rings. The highest BCUT2D eigenvalue weighted by molar-refractivity contribution is 6.08. The van der Waals surface area contributed by atoms with E-state index in [4.69, 9.17) is 0 Å². The maximum atomic E-state index is 12.2. The molecule has 0 spiro atoms. The van der Waals surface area contributed by atoms with Crippen LogP contribution in [0.5, 0.6) is 0 Å². The van der Waals surface area contributed by atoms with Crippen LogP contribution < -0.4 is 5.32 Å². The summed E-state index contributed by atoms with van der Waals surface area (Å²) in [6, 6.07) is 1.66. The smallest absolute Gasteiger partial charge is 0.245 e. The van der Waals surface area contributed by atoms with Crippen LogP contribution in [0.1, 0.15) is 25.7 Å². The standard InChI is InChI=1S/C14H18N4O3/c1-17-7-6-11(16-17)15-12(19)8-18-13(20)9-4-2-3-5-10(9)14(18)21/h6-7,9-10H,2-5,8H2,1H3,(H,15,16,19)/t9-,10-/m1/s1. The maximum Gasteiger partial charge on any atom is 0.245 e. The fourth-order valence-electron chi connectivity index (χ4n) is 3.19. The second-order valence-corrected chi connectivity index (χ2v) is 5.68. The third kappa shape index (κ3) is 2.55. The van der Waals surface area contributed by atoms with Gasteiger partial charge >= 0.3 is 0 Å². The zero-order valence-electron chi connectivity index (χ0n) is 11.9. The molecule has 1 saturated carbocycles. The van der Waals surface area contributed by atoms with Gasteiger partial charge in [-0.2, -0.15) is 5.10 Å². The zero-order chi connectivity index (χ0) is 15.0. The van der Waals surface area contributed by atoms with E-state index < -0.39 is 5.91 Å². The van der Waals surface area contributed by atoms with Crippen molar-refractivity contribution in [2.75, 3.05) is 11.9 Å². The third-order valence-electron chi connectivity index (χ3n) is 4.22. The molecule has 0 unspecified atom stereocenters. The van der Waals surface area contributed by atoms with Crippen molar-refractivity contribution in [3.8, 4) is 0 Å². The van der Waals surface area contributed by atoms with Crippen LogP contribution in [-0.4, -0.2) is 38.9 Å². The molecule has 2 heterocycles. The average molecular weight is 290 g/mol. The molecule has 7 nitrogen and oxygen atoms in total. The van der Waals surface area contributed by atoms with Crippen LogP contribution in [0.2, 0.25) is 0 Å². The SMILES string of the molecule is Cn1ccc(NC(=O)CN2C(=O)[C@@H]3CCCC[C@H]3C2=O)n1. The molecule has 0 radical (unpaired) electrons. The zero-order valence-corrected chi connectivity index (χ0v) is 11.9. The molecule has 1 aromatic heterocycles. The predicted molar refractivity (Wildman–Crippen MR) is 74.0 cm³/mol. The van der Waals surface area contributed by atoms with E-state index >= 15 is 0 Å². The van der Waals surface area contributed by atoms with Crippen LogP contribution in [0.3, 0.4) is 0 Å². The van der Waals surface area contributed by atoms with Crippen LogP contribution in [0.25, 0.3) is 0 Å². The molecule has 1 aliphatic carbocycles. The van der Waals surface area contributed by atoms with Gasteiger partial charge in [0.15, 0.2) is 5.82 Å². The Bertz CT molecular complexity index is 571. The van der Waals surface area contributed by atoms with Gasteiger partial charge in [0, 0.05) is 19.3 Å². The van der Waals surface area contributed by atoms with Gasteiger partial charge in [-0.15, -0.1) is 0 Å². The Morgan fingerprint density at radius 1 is 1.29 bits per heavy atom. The number of nitrogens with one attached hydrogen (secondary N) is 1. The highest BCUT2D eigenvalue weighted by atomic mass is 16.2. The summed E-state index contributed by atoms with van der Waals surface area (Å²) in [6.45, 7) is -0.221. The van der Waals surface area contributed by atoms with Crippen molar-refractivity contribution in [2.45, 2.75) is 25.7 Å². The lowest BCUT2D eigenvalue weighted by Crippen LogP contribution is -2.38. The Morgan fingerprint density at radius 3 is 2.43 bits per heavy atom. The van der Waals surface area contributed by atoms with E-state index in [1.807, 2.05) is 0 Å². The summed E-state index contributed by atoms with van der Waals surface area (Å²) in [5.41, 5.74) is 0. The number of aromatic nitrogens is 2. The predicted octanol–water partition coefficient (Wildman–Crippen LogP) is 0.534. The first-order chi connectivity index (χ1) is 10.1. The second-order valence-electron chi connectivity index (χ2n) is 5.68. The molecular formula is C14H18N4O3. The Labute approximate surface area is 122 Å². The summed E-state index contributed by atoms with van der Waals surface area (Å²) in [6.07, 6.45) is 5.18. The summed E-state index contributed by atoms with van der Waals surface area (Å²) in [5, 5.41) is 6.63. The van der Waals surface area contributed by atoms with E-state index in [9.17, 15) is 14.4 Å². The fourth-order valence-corrected chi connectivity index (χ4v) is 3.19. The molecule has 0 aromatic carbocycles. The summed E-state index contributed by atoms with van der Waals surface area (Å²) in [5.74, 6) is -0.794. The number of imide groups is 1. The monoisotopic (exact) mass is 290 g/mol. The first-order valence-electron chi connectivity index (χ1n) is 7.21. The first kappa shape index (κ1) is 13.8. The van der Waals surface area contributed by atoms with E-state index in [2.05, 4.69) is 10.4 Å². The molecule has 1 aliphatic heterocycles. The number of anilines is 1.